The van der Waals surface area contributed by atoms with E-state index in [0.29, 0.717) is 53.0 Å². The molecule has 0 saturated heterocycles. The molecule has 1 saturated carbocycles. The molecule has 1 atom stereocenters. The van der Waals surface area contributed by atoms with Crippen LogP contribution in [0.2, 0.25) is 5.02 Å². The van der Waals surface area contributed by atoms with Gasteiger partial charge in [-0.05, 0) is 59.8 Å². The third kappa shape index (κ3) is 3.71. The molecule has 0 spiro atoms. The summed E-state index contributed by atoms with van der Waals surface area (Å²) in [5, 5.41) is 5.28. The van der Waals surface area contributed by atoms with Gasteiger partial charge in [-0.15, -0.1) is 0 Å². The lowest BCUT2D eigenvalue weighted by molar-refractivity contribution is 0.531. The number of H-pyrrole nitrogens is 1. The zero-order valence-corrected chi connectivity index (χ0v) is 18.9. The van der Waals surface area contributed by atoms with Crippen LogP contribution in [0.25, 0.3) is 21.9 Å². The summed E-state index contributed by atoms with van der Waals surface area (Å²) in [4.78, 5) is 30.2. The van der Waals surface area contributed by atoms with Crippen LogP contribution in [0, 0.1) is 5.92 Å². The van der Waals surface area contributed by atoms with Gasteiger partial charge in [0.05, 0.1) is 27.4 Å². The fourth-order valence-corrected chi connectivity index (χ4v) is 4.69. The second-order valence-corrected chi connectivity index (χ2v) is 9.01. The second kappa shape index (κ2) is 8.22. The molecule has 1 aromatic carbocycles. The Balaban J connectivity index is 1.67. The molecule has 0 bridgehead atoms. The number of halogens is 2. The Bertz CT molecular complexity index is 1330. The van der Waals surface area contributed by atoms with Crippen molar-refractivity contribution < 1.29 is 0 Å². The largest absolute Gasteiger partial charge is 0.359 e. The van der Waals surface area contributed by atoms with E-state index in [1.165, 1.54) is 6.33 Å². The average molecular weight is 503 g/mol. The molecule has 8 nitrogen and oxygen atoms in total. The van der Waals surface area contributed by atoms with Crippen LogP contribution in [-0.4, -0.2) is 31.0 Å². The predicted molar refractivity (Wildman–Crippen MR) is 125 cm³/mol. The maximum absolute atomic E-state index is 13.4. The van der Waals surface area contributed by atoms with Crippen LogP contribution < -0.4 is 16.6 Å². The van der Waals surface area contributed by atoms with Crippen molar-refractivity contribution in [2.75, 3.05) is 11.9 Å². The van der Waals surface area contributed by atoms with E-state index < -0.39 is 0 Å². The minimum absolute atomic E-state index is 0.137. The summed E-state index contributed by atoms with van der Waals surface area (Å²) < 4.78 is 2.60. The highest BCUT2D eigenvalue weighted by Crippen LogP contribution is 2.43. The lowest BCUT2D eigenvalue weighted by atomic mass is 10.1. The van der Waals surface area contributed by atoms with Crippen molar-refractivity contribution >= 4 is 55.3 Å². The number of hydrogen-bond acceptors (Lipinski definition) is 6. The van der Waals surface area contributed by atoms with Crippen molar-refractivity contribution in [1.29, 1.82) is 0 Å². The van der Waals surface area contributed by atoms with Crippen LogP contribution in [0.1, 0.15) is 31.1 Å². The zero-order chi connectivity index (χ0) is 21.5. The van der Waals surface area contributed by atoms with Crippen molar-refractivity contribution in [1.82, 2.24) is 24.5 Å². The quantitative estimate of drug-likeness (QED) is 0.352. The summed E-state index contributed by atoms with van der Waals surface area (Å²) in [6.45, 7) is 0.966. The second-order valence-electron chi connectivity index (χ2n) is 7.74. The highest BCUT2D eigenvalue weighted by molar-refractivity contribution is 9.10. The van der Waals surface area contributed by atoms with E-state index in [4.69, 9.17) is 22.3 Å². The van der Waals surface area contributed by atoms with Gasteiger partial charge in [0.25, 0.3) is 5.56 Å². The topological polar surface area (TPSA) is 115 Å². The van der Waals surface area contributed by atoms with Crippen molar-refractivity contribution in [2.24, 2.45) is 11.7 Å². The molecule has 3 heterocycles. The summed E-state index contributed by atoms with van der Waals surface area (Å²) in [5.74, 6) is 1.74. The van der Waals surface area contributed by atoms with E-state index >= 15 is 0 Å². The Kier molecular flexibility index (Phi) is 5.41. The molecule has 1 fully saturated rings. The molecular weight excluding hydrogens is 482 g/mol. The highest BCUT2D eigenvalue weighted by Gasteiger charge is 2.36. The minimum Gasteiger partial charge on any atom is -0.359 e. The first-order valence-corrected chi connectivity index (χ1v) is 11.4. The van der Waals surface area contributed by atoms with E-state index in [2.05, 4.69) is 36.2 Å². The fraction of sp³-hybridized carbons (Fsp3) is 0.333. The first-order chi connectivity index (χ1) is 15.1. The van der Waals surface area contributed by atoms with Crippen LogP contribution in [0.15, 0.2) is 40.0 Å². The Hall–Kier alpha value is -2.49. The number of fused-ring (bicyclic) bond motifs is 2. The zero-order valence-electron chi connectivity index (χ0n) is 16.6. The Morgan fingerprint density at radius 1 is 1.32 bits per heavy atom. The van der Waals surface area contributed by atoms with Crippen LogP contribution >= 0.6 is 27.5 Å². The first kappa shape index (κ1) is 20.4. The minimum atomic E-state index is -0.172. The fourth-order valence-electron chi connectivity index (χ4n) is 3.95. The van der Waals surface area contributed by atoms with E-state index in [1.807, 2.05) is 18.3 Å². The van der Waals surface area contributed by atoms with Gasteiger partial charge in [-0.2, -0.15) is 0 Å². The Labute approximate surface area is 191 Å². The maximum atomic E-state index is 13.4. The van der Waals surface area contributed by atoms with Crippen LogP contribution in [0.3, 0.4) is 0 Å². The number of aromatic amines is 1. The monoisotopic (exact) mass is 501 g/mol. The van der Waals surface area contributed by atoms with Gasteiger partial charge in [0, 0.05) is 17.2 Å². The van der Waals surface area contributed by atoms with Crippen molar-refractivity contribution in [3.05, 3.63) is 56.4 Å². The number of anilines is 1. The molecule has 0 unspecified atom stereocenters. The van der Waals surface area contributed by atoms with Gasteiger partial charge in [-0.1, -0.05) is 17.7 Å². The van der Waals surface area contributed by atoms with Gasteiger partial charge < -0.3 is 16.0 Å². The maximum Gasteiger partial charge on any atom is 0.262 e. The molecule has 10 heteroatoms. The number of nitrogens with zero attached hydrogens (tertiary/aromatic N) is 4. The van der Waals surface area contributed by atoms with Crippen LogP contribution in [0.4, 0.5) is 5.82 Å². The third-order valence-corrected chi connectivity index (χ3v) is 6.57. The van der Waals surface area contributed by atoms with Crippen molar-refractivity contribution in [2.45, 2.75) is 31.8 Å². The Morgan fingerprint density at radius 3 is 2.94 bits per heavy atom. The molecule has 0 radical (unpaired) electrons. The summed E-state index contributed by atoms with van der Waals surface area (Å²) in [7, 11) is 0. The summed E-state index contributed by atoms with van der Waals surface area (Å²) in [5.41, 5.74) is 6.95. The van der Waals surface area contributed by atoms with Gasteiger partial charge in [-0.25, -0.2) is 15.0 Å². The molecule has 1 aliphatic rings. The molecule has 0 aliphatic heterocycles. The van der Waals surface area contributed by atoms with Crippen molar-refractivity contribution in [3.8, 4) is 0 Å². The van der Waals surface area contributed by atoms with E-state index in [1.54, 1.807) is 10.6 Å². The molecule has 4 N–H and O–H groups in total. The molecule has 160 valence electrons. The van der Waals surface area contributed by atoms with Crippen molar-refractivity contribution in [3.63, 3.8) is 0 Å². The number of rotatable bonds is 7. The normalized spacial score (nSPS) is 14.9. The lowest BCUT2D eigenvalue weighted by Gasteiger charge is -2.23. The number of nitrogens with one attached hydrogen (secondary N) is 2. The standard InChI is InChI=1S/C21H21BrClN7O/c22-12-9-25-18-15(12)19(27-10-26-18)29-17(11-5-6-11)20-28-14-4-1-3-13(23)16(14)21(31)30(20)8-2-7-24/h1,3-4,9-11,17H,2,5-8,24H2,(H2,25,26,27,29)/t17-/m0/s1. The molecule has 4 aromatic rings. The molecular formula is C21H21BrClN7O. The lowest BCUT2D eigenvalue weighted by Crippen LogP contribution is -2.31. The van der Waals surface area contributed by atoms with E-state index in [9.17, 15) is 4.79 Å². The molecule has 3 aromatic heterocycles. The summed E-state index contributed by atoms with van der Waals surface area (Å²) >= 11 is 9.92. The molecule has 1 aliphatic carbocycles. The number of hydrogen-bond donors (Lipinski definition) is 3. The van der Waals surface area contributed by atoms with Gasteiger partial charge in [0.2, 0.25) is 0 Å². The van der Waals surface area contributed by atoms with Gasteiger partial charge in [0.1, 0.15) is 23.6 Å². The summed E-state index contributed by atoms with van der Waals surface area (Å²) in [6.07, 6.45) is 6.14. The van der Waals surface area contributed by atoms with E-state index in [0.717, 1.165) is 28.3 Å². The van der Waals surface area contributed by atoms with Crippen LogP contribution in [0.5, 0.6) is 0 Å². The van der Waals surface area contributed by atoms with Gasteiger partial charge in [-0.3, -0.25) is 9.36 Å². The molecule has 5 rings (SSSR count). The average Bonchev–Trinajstić information content (AvgIpc) is 3.53. The third-order valence-electron chi connectivity index (χ3n) is 5.63. The van der Waals surface area contributed by atoms with Gasteiger partial charge in [0.15, 0.2) is 0 Å². The highest BCUT2D eigenvalue weighted by atomic mass is 79.9. The van der Waals surface area contributed by atoms with Gasteiger partial charge >= 0.3 is 0 Å². The predicted octanol–water partition coefficient (Wildman–Crippen LogP) is 4.00. The Morgan fingerprint density at radius 2 is 2.16 bits per heavy atom. The summed E-state index contributed by atoms with van der Waals surface area (Å²) in [6, 6.07) is 5.19. The SMILES string of the molecule is NCCCn1c([C@@H](Nc2ncnc3[nH]cc(Br)c23)C2CC2)nc2cccc(Cl)c2c1=O. The molecule has 0 amide bonds. The number of aromatic nitrogens is 5. The van der Waals surface area contributed by atoms with E-state index in [-0.39, 0.29) is 11.6 Å². The molecule has 31 heavy (non-hydrogen) atoms. The first-order valence-electron chi connectivity index (χ1n) is 10.2. The number of nitrogens with two attached hydrogens (primary N) is 1. The number of benzene rings is 1. The van der Waals surface area contributed by atoms with Crippen LogP contribution in [-0.2, 0) is 6.54 Å². The smallest absolute Gasteiger partial charge is 0.262 e.